The molecule has 1 atom stereocenters. The van der Waals surface area contributed by atoms with Gasteiger partial charge in [0.25, 0.3) is 0 Å². The summed E-state index contributed by atoms with van der Waals surface area (Å²) in [5.74, 6) is 0. The fourth-order valence-corrected chi connectivity index (χ4v) is 5.06. The van der Waals surface area contributed by atoms with Crippen molar-refractivity contribution in [3.8, 4) is 0 Å². The minimum absolute atomic E-state index is 0.0904. The summed E-state index contributed by atoms with van der Waals surface area (Å²) in [6, 6.07) is 0. The molecule has 18 heavy (non-hydrogen) atoms. The molecule has 0 radical (unpaired) electrons. The van der Waals surface area contributed by atoms with Crippen LogP contribution in [0.1, 0.15) is 20.8 Å². The molecule has 0 amide bonds. The highest BCUT2D eigenvalue weighted by molar-refractivity contribution is 8.79. The van der Waals surface area contributed by atoms with Crippen molar-refractivity contribution in [2.45, 2.75) is 40.0 Å². The van der Waals surface area contributed by atoms with Gasteiger partial charge in [-0.05, 0) is 30.7 Å². The zero-order chi connectivity index (χ0) is 13.8. The Labute approximate surface area is 119 Å². The summed E-state index contributed by atoms with van der Waals surface area (Å²) in [6.45, 7) is 11.0. The first kappa shape index (κ1) is 15.9. The molecular formula is C12H21NO2S2Si. The molecule has 0 bridgehead atoms. The zero-order valence-corrected chi connectivity index (χ0v) is 14.3. The Morgan fingerprint density at radius 3 is 2.39 bits per heavy atom. The summed E-state index contributed by atoms with van der Waals surface area (Å²) in [7, 11) is 2.22. The maximum atomic E-state index is 8.51. The van der Waals surface area contributed by atoms with Crippen LogP contribution < -0.4 is 0 Å². The Hall–Kier alpha value is -0.173. The molecule has 1 N–H and O–H groups in total. The van der Waals surface area contributed by atoms with Gasteiger partial charge in [0.05, 0.1) is 12.3 Å². The van der Waals surface area contributed by atoms with Crippen LogP contribution >= 0.6 is 21.6 Å². The molecule has 0 spiro atoms. The standard InChI is InChI=1S/C12H21NO2S2Si/c1-12(2,3)11(15-18(4)5)10-7-6-9(8-13-14)16-17-10/h6-8,11,14,18H,1-5H3. The van der Waals surface area contributed by atoms with Crippen molar-refractivity contribution in [1.29, 1.82) is 0 Å². The van der Waals surface area contributed by atoms with Crippen LogP contribution in [0.5, 0.6) is 0 Å². The Bertz CT molecular complexity index is 373. The van der Waals surface area contributed by atoms with Crippen LogP contribution in [0.25, 0.3) is 0 Å². The molecule has 0 aromatic carbocycles. The van der Waals surface area contributed by atoms with Crippen molar-refractivity contribution in [2.24, 2.45) is 10.6 Å². The molecule has 1 heterocycles. The second kappa shape index (κ2) is 6.84. The first-order valence-electron chi connectivity index (χ1n) is 5.94. The molecule has 102 valence electrons. The van der Waals surface area contributed by atoms with E-state index in [0.717, 1.165) is 4.91 Å². The molecule has 0 fully saturated rings. The first-order valence-corrected chi connectivity index (χ1v) is 10.9. The molecule has 3 nitrogen and oxygen atoms in total. The van der Waals surface area contributed by atoms with Crippen molar-refractivity contribution < 1.29 is 9.63 Å². The summed E-state index contributed by atoms with van der Waals surface area (Å²) in [5.41, 5.74) is 0.0904. The summed E-state index contributed by atoms with van der Waals surface area (Å²) in [4.78, 5) is 2.18. The molecule has 1 aliphatic heterocycles. The van der Waals surface area contributed by atoms with Gasteiger partial charge in [-0.15, -0.1) is 0 Å². The van der Waals surface area contributed by atoms with Crippen molar-refractivity contribution in [1.82, 2.24) is 0 Å². The number of hydrogen-bond acceptors (Lipinski definition) is 5. The molecule has 0 aromatic rings. The van der Waals surface area contributed by atoms with Crippen molar-refractivity contribution in [2.75, 3.05) is 0 Å². The van der Waals surface area contributed by atoms with Gasteiger partial charge in [0.1, 0.15) is 0 Å². The predicted octanol–water partition coefficient (Wildman–Crippen LogP) is 4.02. The number of oxime groups is 1. The minimum atomic E-state index is -1.08. The third kappa shape index (κ3) is 4.83. The van der Waals surface area contributed by atoms with Crippen LogP contribution in [-0.2, 0) is 4.43 Å². The van der Waals surface area contributed by atoms with Gasteiger partial charge >= 0.3 is 0 Å². The molecule has 0 aromatic heterocycles. The van der Waals surface area contributed by atoms with Crippen molar-refractivity contribution in [3.63, 3.8) is 0 Å². The molecule has 0 saturated carbocycles. The van der Waals surface area contributed by atoms with Gasteiger partial charge < -0.3 is 9.63 Å². The Balaban J connectivity index is 2.88. The SMILES string of the molecule is C[SiH](C)OC(C1=CC=C(C=NO)SS1)C(C)(C)C. The zero-order valence-electron chi connectivity index (χ0n) is 11.5. The average Bonchev–Trinajstić information content (AvgIpc) is 2.26. The lowest BCUT2D eigenvalue weighted by Gasteiger charge is -2.34. The molecule has 6 heteroatoms. The lowest BCUT2D eigenvalue weighted by Crippen LogP contribution is -2.34. The normalized spacial score (nSPS) is 19.0. The number of allylic oxidation sites excluding steroid dienone is 3. The van der Waals surface area contributed by atoms with E-state index in [4.69, 9.17) is 9.63 Å². The van der Waals surface area contributed by atoms with Crippen molar-refractivity contribution in [3.05, 3.63) is 22.0 Å². The molecule has 1 rings (SSSR count). The lowest BCUT2D eigenvalue weighted by atomic mass is 9.89. The summed E-state index contributed by atoms with van der Waals surface area (Å²) >= 11 is 0. The minimum Gasteiger partial charge on any atom is -0.413 e. The fraction of sp³-hybridized carbons (Fsp3) is 0.583. The summed E-state index contributed by atoms with van der Waals surface area (Å²) < 4.78 is 6.17. The third-order valence-corrected chi connectivity index (χ3v) is 5.57. The number of hydrogen-bond donors (Lipinski definition) is 1. The van der Waals surface area contributed by atoms with E-state index in [1.165, 1.54) is 11.1 Å². The highest BCUT2D eigenvalue weighted by atomic mass is 33.1. The second-order valence-electron chi connectivity index (χ2n) is 5.48. The highest BCUT2D eigenvalue weighted by Crippen LogP contribution is 2.45. The maximum absolute atomic E-state index is 8.51. The average molecular weight is 304 g/mol. The third-order valence-electron chi connectivity index (χ3n) is 2.28. The predicted molar refractivity (Wildman–Crippen MR) is 84.8 cm³/mol. The quantitative estimate of drug-likeness (QED) is 0.280. The number of nitrogens with zero attached hydrogens (tertiary/aromatic N) is 1. The summed E-state index contributed by atoms with van der Waals surface area (Å²) in [6.07, 6.45) is 5.64. The topological polar surface area (TPSA) is 41.8 Å². The second-order valence-corrected chi connectivity index (χ2v) is 10.1. The van der Waals surface area contributed by atoms with Gasteiger partial charge in [-0.1, -0.05) is 47.5 Å². The molecule has 0 saturated heterocycles. The van der Waals surface area contributed by atoms with Gasteiger partial charge in [-0.25, -0.2) is 0 Å². The van der Waals surface area contributed by atoms with E-state index < -0.39 is 9.04 Å². The highest BCUT2D eigenvalue weighted by Gasteiger charge is 2.31. The van der Waals surface area contributed by atoms with Crippen LogP contribution in [0.4, 0.5) is 0 Å². The van der Waals surface area contributed by atoms with E-state index in [1.807, 2.05) is 6.08 Å². The van der Waals surface area contributed by atoms with E-state index in [9.17, 15) is 0 Å². The van der Waals surface area contributed by atoms with E-state index in [1.54, 1.807) is 21.6 Å². The lowest BCUT2D eigenvalue weighted by molar-refractivity contribution is 0.126. The van der Waals surface area contributed by atoms with Gasteiger partial charge in [0.2, 0.25) is 0 Å². The largest absolute Gasteiger partial charge is 0.413 e. The maximum Gasteiger partial charge on any atom is 0.171 e. The number of rotatable bonds is 4. The summed E-state index contributed by atoms with van der Waals surface area (Å²) in [5, 5.41) is 11.6. The van der Waals surface area contributed by atoms with Crippen LogP contribution in [-0.4, -0.2) is 26.6 Å². The smallest absolute Gasteiger partial charge is 0.171 e. The Morgan fingerprint density at radius 2 is 2.00 bits per heavy atom. The van der Waals surface area contributed by atoms with E-state index >= 15 is 0 Å². The molecule has 1 unspecified atom stereocenters. The van der Waals surface area contributed by atoms with Gasteiger partial charge in [-0.2, -0.15) is 0 Å². The van der Waals surface area contributed by atoms with E-state index in [0.29, 0.717) is 0 Å². The van der Waals surface area contributed by atoms with Crippen LogP contribution in [0.15, 0.2) is 27.1 Å². The van der Waals surface area contributed by atoms with Gasteiger partial charge in [0, 0.05) is 9.81 Å². The first-order chi connectivity index (χ1) is 8.34. The van der Waals surface area contributed by atoms with E-state index in [-0.39, 0.29) is 11.5 Å². The Kier molecular flexibility index (Phi) is 6.03. The van der Waals surface area contributed by atoms with E-state index in [2.05, 4.69) is 45.1 Å². The molecule has 1 aliphatic rings. The molecular weight excluding hydrogens is 282 g/mol. The van der Waals surface area contributed by atoms with Gasteiger partial charge in [-0.3, -0.25) is 0 Å². The fourth-order valence-electron chi connectivity index (χ4n) is 1.54. The van der Waals surface area contributed by atoms with Crippen LogP contribution in [0.3, 0.4) is 0 Å². The monoisotopic (exact) mass is 303 g/mol. The molecule has 0 aliphatic carbocycles. The Morgan fingerprint density at radius 1 is 1.33 bits per heavy atom. The van der Waals surface area contributed by atoms with Crippen molar-refractivity contribution >= 4 is 36.8 Å². The van der Waals surface area contributed by atoms with Crippen LogP contribution in [0.2, 0.25) is 13.1 Å². The van der Waals surface area contributed by atoms with Crippen LogP contribution in [0, 0.1) is 5.41 Å². The van der Waals surface area contributed by atoms with Gasteiger partial charge in [0.15, 0.2) is 9.04 Å².